The summed E-state index contributed by atoms with van der Waals surface area (Å²) in [5.41, 5.74) is 0.603. The molecule has 1 saturated heterocycles. The van der Waals surface area contributed by atoms with Gasteiger partial charge in [-0.2, -0.15) is 0 Å². The summed E-state index contributed by atoms with van der Waals surface area (Å²) < 4.78 is 0. The number of hydrogen-bond acceptors (Lipinski definition) is 3. The number of nitrogens with one attached hydrogen (secondary N) is 1. The second-order valence-corrected chi connectivity index (χ2v) is 5.70. The minimum absolute atomic E-state index is 0.0413. The highest BCUT2D eigenvalue weighted by Gasteiger charge is 2.26. The number of hydrogen-bond donors (Lipinski definition) is 1. The van der Waals surface area contributed by atoms with Gasteiger partial charge in [0.05, 0.1) is 0 Å². The number of aromatic nitrogens is 1. The highest BCUT2D eigenvalue weighted by Crippen LogP contribution is 2.24. The summed E-state index contributed by atoms with van der Waals surface area (Å²) in [5.74, 6) is 1.88. The van der Waals surface area contributed by atoms with Crippen LogP contribution in [0, 0.1) is 11.8 Å². The van der Waals surface area contributed by atoms with Gasteiger partial charge in [0.2, 0.25) is 0 Å². The number of pyridine rings is 1. The van der Waals surface area contributed by atoms with Gasteiger partial charge >= 0.3 is 0 Å². The van der Waals surface area contributed by atoms with Crippen molar-refractivity contribution >= 4 is 23.3 Å². The first-order valence-corrected chi connectivity index (χ1v) is 7.03. The van der Waals surface area contributed by atoms with E-state index in [9.17, 15) is 4.79 Å². The Morgan fingerprint density at radius 2 is 2.16 bits per heavy atom. The molecule has 0 spiro atoms. The molecule has 0 bridgehead atoms. The Hall–Kier alpha value is -1.29. The molecular formula is C14H20ClN3O. The Morgan fingerprint density at radius 3 is 2.79 bits per heavy atom. The minimum Gasteiger partial charge on any atom is -0.373 e. The standard InChI is InChI=1S/C14H20ClN3O/c1-9-4-5-18(8-10(9)2)14(19)11-6-12(15)17-13(7-11)16-3/h6-7,9-10H,4-5,8H2,1-3H3,(H,16,17). The van der Waals surface area contributed by atoms with Crippen molar-refractivity contribution in [2.24, 2.45) is 11.8 Å². The predicted molar refractivity (Wildman–Crippen MR) is 77.6 cm³/mol. The number of anilines is 1. The third-order valence-corrected chi connectivity index (χ3v) is 4.11. The lowest BCUT2D eigenvalue weighted by Gasteiger charge is -2.35. The van der Waals surface area contributed by atoms with Crippen LogP contribution in [0.15, 0.2) is 12.1 Å². The zero-order valence-electron chi connectivity index (χ0n) is 11.6. The topological polar surface area (TPSA) is 45.2 Å². The Morgan fingerprint density at radius 1 is 1.42 bits per heavy atom. The molecular weight excluding hydrogens is 262 g/mol. The fraction of sp³-hybridized carbons (Fsp3) is 0.571. The normalized spacial score (nSPS) is 23.3. The van der Waals surface area contributed by atoms with Crippen LogP contribution < -0.4 is 5.32 Å². The lowest BCUT2D eigenvalue weighted by atomic mass is 9.88. The number of carbonyl (C=O) groups is 1. The predicted octanol–water partition coefficient (Wildman–Crippen LogP) is 2.89. The van der Waals surface area contributed by atoms with Crippen LogP contribution >= 0.6 is 11.6 Å². The Balaban J connectivity index is 2.17. The Bertz CT molecular complexity index is 478. The highest BCUT2D eigenvalue weighted by molar-refractivity contribution is 6.29. The number of amides is 1. The van der Waals surface area contributed by atoms with Crippen molar-refractivity contribution in [1.29, 1.82) is 0 Å². The van der Waals surface area contributed by atoms with Crippen molar-refractivity contribution in [3.63, 3.8) is 0 Å². The van der Waals surface area contributed by atoms with Crippen molar-refractivity contribution in [3.05, 3.63) is 22.8 Å². The molecule has 2 rings (SSSR count). The fourth-order valence-corrected chi connectivity index (χ4v) is 2.59. The highest BCUT2D eigenvalue weighted by atomic mass is 35.5. The van der Waals surface area contributed by atoms with Crippen LogP contribution in [0.3, 0.4) is 0 Å². The maximum atomic E-state index is 12.5. The average Bonchev–Trinajstić information content (AvgIpc) is 2.40. The Kier molecular flexibility index (Phi) is 4.30. The average molecular weight is 282 g/mol. The van der Waals surface area contributed by atoms with Crippen LogP contribution in [0.4, 0.5) is 5.82 Å². The summed E-state index contributed by atoms with van der Waals surface area (Å²) >= 11 is 5.94. The maximum absolute atomic E-state index is 12.5. The number of piperidine rings is 1. The summed E-state index contributed by atoms with van der Waals surface area (Å²) in [6, 6.07) is 3.38. The van der Waals surface area contributed by atoms with Gasteiger partial charge in [-0.1, -0.05) is 25.4 Å². The summed E-state index contributed by atoms with van der Waals surface area (Å²) in [5, 5.41) is 3.26. The van der Waals surface area contributed by atoms with Gasteiger partial charge in [-0.25, -0.2) is 4.98 Å². The molecule has 1 aromatic rings. The third kappa shape index (κ3) is 3.18. The van der Waals surface area contributed by atoms with E-state index in [0.717, 1.165) is 19.5 Å². The second-order valence-electron chi connectivity index (χ2n) is 5.31. The monoisotopic (exact) mass is 281 g/mol. The molecule has 104 valence electrons. The van der Waals surface area contributed by atoms with Gasteiger partial charge in [0.1, 0.15) is 11.0 Å². The van der Waals surface area contributed by atoms with Crippen LogP contribution in [-0.4, -0.2) is 35.9 Å². The van der Waals surface area contributed by atoms with E-state index in [1.54, 1.807) is 19.2 Å². The van der Waals surface area contributed by atoms with E-state index in [2.05, 4.69) is 24.1 Å². The molecule has 0 saturated carbocycles. The molecule has 2 unspecified atom stereocenters. The van der Waals surface area contributed by atoms with Gasteiger partial charge < -0.3 is 10.2 Å². The first kappa shape index (κ1) is 14.1. The van der Waals surface area contributed by atoms with E-state index in [4.69, 9.17) is 11.6 Å². The molecule has 1 aromatic heterocycles. The van der Waals surface area contributed by atoms with Crippen molar-refractivity contribution < 1.29 is 4.79 Å². The van der Waals surface area contributed by atoms with Crippen LogP contribution in [0.2, 0.25) is 5.15 Å². The fourth-order valence-electron chi connectivity index (χ4n) is 2.38. The minimum atomic E-state index is 0.0413. The van der Waals surface area contributed by atoms with Crippen molar-refractivity contribution in [2.75, 3.05) is 25.5 Å². The van der Waals surface area contributed by atoms with Crippen LogP contribution in [0.5, 0.6) is 0 Å². The van der Waals surface area contributed by atoms with E-state index in [0.29, 0.717) is 28.4 Å². The largest absolute Gasteiger partial charge is 0.373 e. The number of halogens is 1. The first-order chi connectivity index (χ1) is 9.01. The smallest absolute Gasteiger partial charge is 0.254 e. The summed E-state index contributed by atoms with van der Waals surface area (Å²) in [4.78, 5) is 18.5. The maximum Gasteiger partial charge on any atom is 0.254 e. The zero-order valence-corrected chi connectivity index (χ0v) is 12.4. The molecule has 1 aliphatic rings. The number of carbonyl (C=O) groups excluding carboxylic acids is 1. The molecule has 2 atom stereocenters. The summed E-state index contributed by atoms with van der Waals surface area (Å²) in [6.07, 6.45) is 1.06. The summed E-state index contributed by atoms with van der Waals surface area (Å²) in [6.45, 7) is 6.07. The molecule has 1 fully saturated rings. The SMILES string of the molecule is CNc1cc(C(=O)N2CCC(C)C(C)C2)cc(Cl)n1. The molecule has 0 radical (unpaired) electrons. The molecule has 5 heteroatoms. The molecule has 2 heterocycles. The molecule has 19 heavy (non-hydrogen) atoms. The lowest BCUT2D eigenvalue weighted by molar-refractivity contribution is 0.0627. The molecule has 1 N–H and O–H groups in total. The van der Waals surface area contributed by atoms with Crippen molar-refractivity contribution in [3.8, 4) is 0 Å². The van der Waals surface area contributed by atoms with Crippen LogP contribution in [-0.2, 0) is 0 Å². The van der Waals surface area contributed by atoms with Crippen LogP contribution in [0.25, 0.3) is 0 Å². The van der Waals surface area contributed by atoms with Gasteiger partial charge in [0, 0.05) is 25.7 Å². The van der Waals surface area contributed by atoms with E-state index < -0.39 is 0 Å². The number of likely N-dealkylation sites (tertiary alicyclic amines) is 1. The lowest BCUT2D eigenvalue weighted by Crippen LogP contribution is -2.42. The van der Waals surface area contributed by atoms with E-state index >= 15 is 0 Å². The third-order valence-electron chi connectivity index (χ3n) is 3.92. The Labute approximate surface area is 119 Å². The van der Waals surface area contributed by atoms with Gasteiger partial charge in [0.25, 0.3) is 5.91 Å². The van der Waals surface area contributed by atoms with Gasteiger partial charge in [-0.05, 0) is 30.4 Å². The van der Waals surface area contributed by atoms with E-state index in [1.165, 1.54) is 0 Å². The first-order valence-electron chi connectivity index (χ1n) is 6.66. The van der Waals surface area contributed by atoms with E-state index in [1.807, 2.05) is 4.90 Å². The van der Waals surface area contributed by atoms with Gasteiger partial charge in [-0.15, -0.1) is 0 Å². The summed E-state index contributed by atoms with van der Waals surface area (Å²) in [7, 11) is 1.76. The van der Waals surface area contributed by atoms with Gasteiger partial charge in [0.15, 0.2) is 0 Å². The molecule has 0 aromatic carbocycles. The molecule has 4 nitrogen and oxygen atoms in total. The van der Waals surface area contributed by atoms with Crippen molar-refractivity contribution in [2.45, 2.75) is 20.3 Å². The quantitative estimate of drug-likeness (QED) is 0.848. The molecule has 1 amide bonds. The van der Waals surface area contributed by atoms with Gasteiger partial charge in [-0.3, -0.25) is 4.79 Å². The second kappa shape index (κ2) is 5.78. The van der Waals surface area contributed by atoms with E-state index in [-0.39, 0.29) is 5.91 Å². The number of rotatable bonds is 2. The molecule has 1 aliphatic heterocycles. The van der Waals surface area contributed by atoms with Crippen LogP contribution in [0.1, 0.15) is 30.6 Å². The molecule has 0 aliphatic carbocycles. The zero-order chi connectivity index (χ0) is 14.0. The number of nitrogens with zero attached hydrogens (tertiary/aromatic N) is 2. The van der Waals surface area contributed by atoms with Crippen molar-refractivity contribution in [1.82, 2.24) is 9.88 Å².